The highest BCUT2D eigenvalue weighted by Gasteiger charge is 2.12. The fourth-order valence-corrected chi connectivity index (χ4v) is 2.40. The molecule has 1 unspecified atom stereocenters. The summed E-state index contributed by atoms with van der Waals surface area (Å²) in [6.45, 7) is 7.48. The number of hydrogen-bond donors (Lipinski definition) is 1. The molecule has 0 bridgehead atoms. The molecule has 2 nitrogen and oxygen atoms in total. The number of nitrogens with zero attached hydrogens (tertiary/aromatic N) is 1. The average molecular weight is 268 g/mol. The summed E-state index contributed by atoms with van der Waals surface area (Å²) >= 11 is 0. The molecule has 20 heavy (non-hydrogen) atoms. The van der Waals surface area contributed by atoms with Gasteiger partial charge in [0.05, 0.1) is 0 Å². The number of aryl methyl sites for hydroxylation is 2. The molecular formula is C18H24N2. The van der Waals surface area contributed by atoms with E-state index in [0.29, 0.717) is 6.04 Å². The summed E-state index contributed by atoms with van der Waals surface area (Å²) in [6, 6.07) is 15.2. The van der Waals surface area contributed by atoms with Crippen molar-refractivity contribution in [2.45, 2.75) is 33.4 Å². The third-order valence-corrected chi connectivity index (χ3v) is 4.06. The van der Waals surface area contributed by atoms with Crippen LogP contribution in [0.4, 0.5) is 5.69 Å². The number of anilines is 1. The van der Waals surface area contributed by atoms with E-state index in [-0.39, 0.29) is 0 Å². The number of benzene rings is 2. The predicted octanol–water partition coefficient (Wildman–Crippen LogP) is 4.08. The molecule has 106 valence electrons. The Morgan fingerprint density at radius 1 is 1.05 bits per heavy atom. The molecule has 0 aromatic heterocycles. The van der Waals surface area contributed by atoms with Crippen molar-refractivity contribution in [2.24, 2.45) is 0 Å². The van der Waals surface area contributed by atoms with Crippen LogP contribution in [0.25, 0.3) is 0 Å². The van der Waals surface area contributed by atoms with Crippen molar-refractivity contribution in [1.29, 1.82) is 0 Å². The summed E-state index contributed by atoms with van der Waals surface area (Å²) in [5.41, 5.74) is 12.0. The second kappa shape index (κ2) is 6.10. The van der Waals surface area contributed by atoms with E-state index in [0.717, 1.165) is 12.2 Å². The van der Waals surface area contributed by atoms with Gasteiger partial charge in [-0.1, -0.05) is 30.3 Å². The van der Waals surface area contributed by atoms with Gasteiger partial charge in [-0.25, -0.2) is 0 Å². The van der Waals surface area contributed by atoms with Gasteiger partial charge in [0.2, 0.25) is 0 Å². The Hall–Kier alpha value is -1.80. The fourth-order valence-electron chi connectivity index (χ4n) is 2.40. The summed E-state index contributed by atoms with van der Waals surface area (Å²) in [6.07, 6.45) is 0. The molecule has 2 rings (SSSR count). The molecule has 2 N–H and O–H groups in total. The Kier molecular flexibility index (Phi) is 4.46. The molecule has 1 atom stereocenters. The van der Waals surface area contributed by atoms with Crippen LogP contribution in [0.5, 0.6) is 0 Å². The maximum atomic E-state index is 5.87. The molecule has 2 aromatic rings. The molecule has 0 aliphatic rings. The lowest BCUT2D eigenvalue weighted by molar-refractivity contribution is 0.253. The van der Waals surface area contributed by atoms with Crippen molar-refractivity contribution in [3.05, 3.63) is 64.7 Å². The highest BCUT2D eigenvalue weighted by molar-refractivity contribution is 5.41. The lowest BCUT2D eigenvalue weighted by atomic mass is 10.0. The van der Waals surface area contributed by atoms with Gasteiger partial charge in [-0.15, -0.1) is 0 Å². The van der Waals surface area contributed by atoms with Gasteiger partial charge in [0, 0.05) is 18.3 Å². The van der Waals surface area contributed by atoms with E-state index in [1.54, 1.807) is 0 Å². The van der Waals surface area contributed by atoms with E-state index < -0.39 is 0 Å². The number of nitrogen functional groups attached to an aromatic ring is 1. The highest BCUT2D eigenvalue weighted by Crippen LogP contribution is 2.22. The van der Waals surface area contributed by atoms with Gasteiger partial charge < -0.3 is 5.73 Å². The third kappa shape index (κ3) is 3.40. The second-order valence-electron chi connectivity index (χ2n) is 5.68. The van der Waals surface area contributed by atoms with Crippen LogP contribution in [0.1, 0.15) is 35.2 Å². The van der Waals surface area contributed by atoms with Gasteiger partial charge in [0.25, 0.3) is 0 Å². The quantitative estimate of drug-likeness (QED) is 0.847. The Morgan fingerprint density at radius 2 is 1.80 bits per heavy atom. The predicted molar refractivity (Wildman–Crippen MR) is 86.7 cm³/mol. The summed E-state index contributed by atoms with van der Waals surface area (Å²) in [5.74, 6) is 0. The minimum absolute atomic E-state index is 0.347. The normalized spacial score (nSPS) is 12.7. The van der Waals surface area contributed by atoms with Gasteiger partial charge in [-0.2, -0.15) is 0 Å². The molecule has 0 aliphatic heterocycles. The summed E-state index contributed by atoms with van der Waals surface area (Å²) < 4.78 is 0. The van der Waals surface area contributed by atoms with E-state index in [2.05, 4.69) is 63.1 Å². The first-order chi connectivity index (χ1) is 9.47. The Labute approximate surface area is 122 Å². The molecule has 0 saturated carbocycles. The maximum absolute atomic E-state index is 5.87. The third-order valence-electron chi connectivity index (χ3n) is 4.06. The Bertz CT molecular complexity index is 590. The van der Waals surface area contributed by atoms with Crippen LogP contribution in [0.15, 0.2) is 42.5 Å². The zero-order chi connectivity index (χ0) is 14.7. The highest BCUT2D eigenvalue weighted by atomic mass is 15.1. The number of hydrogen-bond acceptors (Lipinski definition) is 2. The van der Waals surface area contributed by atoms with Gasteiger partial charge in [-0.05, 0) is 62.2 Å². The zero-order valence-electron chi connectivity index (χ0n) is 12.9. The van der Waals surface area contributed by atoms with E-state index in [1.165, 1.54) is 22.3 Å². The molecule has 0 amide bonds. The molecule has 0 heterocycles. The smallest absolute Gasteiger partial charge is 0.0321 e. The first kappa shape index (κ1) is 14.6. The van der Waals surface area contributed by atoms with Crippen LogP contribution < -0.4 is 5.73 Å². The molecule has 0 radical (unpaired) electrons. The topological polar surface area (TPSA) is 29.3 Å². The van der Waals surface area contributed by atoms with Crippen molar-refractivity contribution >= 4 is 5.69 Å². The van der Waals surface area contributed by atoms with Gasteiger partial charge >= 0.3 is 0 Å². The standard InChI is InChI=1S/C18H24N2/c1-13-8-9-16(10-14(13)2)12-20(4)15(3)17-6-5-7-18(19)11-17/h5-11,15H,12,19H2,1-4H3. The largest absolute Gasteiger partial charge is 0.399 e. The summed E-state index contributed by atoms with van der Waals surface area (Å²) in [4.78, 5) is 2.35. The Balaban J connectivity index is 2.11. The van der Waals surface area contributed by atoms with Crippen LogP contribution in [0.2, 0.25) is 0 Å². The summed E-state index contributed by atoms with van der Waals surface area (Å²) in [7, 11) is 2.16. The minimum Gasteiger partial charge on any atom is -0.399 e. The van der Waals surface area contributed by atoms with Crippen LogP contribution in [-0.4, -0.2) is 11.9 Å². The van der Waals surface area contributed by atoms with Gasteiger partial charge in [-0.3, -0.25) is 4.90 Å². The lowest BCUT2D eigenvalue weighted by Gasteiger charge is -2.25. The number of rotatable bonds is 4. The van der Waals surface area contributed by atoms with Crippen molar-refractivity contribution < 1.29 is 0 Å². The number of nitrogens with two attached hydrogens (primary N) is 1. The minimum atomic E-state index is 0.347. The Morgan fingerprint density at radius 3 is 2.45 bits per heavy atom. The van der Waals surface area contributed by atoms with Crippen molar-refractivity contribution in [3.63, 3.8) is 0 Å². The monoisotopic (exact) mass is 268 g/mol. The second-order valence-corrected chi connectivity index (χ2v) is 5.68. The van der Waals surface area contributed by atoms with E-state index >= 15 is 0 Å². The van der Waals surface area contributed by atoms with Crippen molar-refractivity contribution in [2.75, 3.05) is 12.8 Å². The summed E-state index contributed by atoms with van der Waals surface area (Å²) in [5, 5.41) is 0. The fraction of sp³-hybridized carbons (Fsp3) is 0.333. The van der Waals surface area contributed by atoms with E-state index in [1.807, 2.05) is 12.1 Å². The average Bonchev–Trinajstić information content (AvgIpc) is 2.42. The molecule has 0 saturated heterocycles. The van der Waals surface area contributed by atoms with Crippen LogP contribution in [0.3, 0.4) is 0 Å². The first-order valence-electron chi connectivity index (χ1n) is 7.09. The molecule has 0 fully saturated rings. The molecule has 2 aromatic carbocycles. The lowest BCUT2D eigenvalue weighted by Crippen LogP contribution is -2.22. The maximum Gasteiger partial charge on any atom is 0.0321 e. The van der Waals surface area contributed by atoms with Gasteiger partial charge in [0.15, 0.2) is 0 Å². The van der Waals surface area contributed by atoms with E-state index in [9.17, 15) is 0 Å². The molecule has 2 heteroatoms. The van der Waals surface area contributed by atoms with Crippen LogP contribution in [0, 0.1) is 13.8 Å². The van der Waals surface area contributed by atoms with Crippen LogP contribution in [-0.2, 0) is 6.54 Å². The van der Waals surface area contributed by atoms with Gasteiger partial charge in [0.1, 0.15) is 0 Å². The van der Waals surface area contributed by atoms with Crippen molar-refractivity contribution in [1.82, 2.24) is 4.90 Å². The SMILES string of the molecule is Cc1ccc(CN(C)C(C)c2cccc(N)c2)cc1C. The molecule has 0 aliphatic carbocycles. The first-order valence-corrected chi connectivity index (χ1v) is 7.09. The van der Waals surface area contributed by atoms with Crippen LogP contribution >= 0.6 is 0 Å². The van der Waals surface area contributed by atoms with E-state index in [4.69, 9.17) is 5.73 Å². The molecular weight excluding hydrogens is 244 g/mol. The zero-order valence-corrected chi connectivity index (χ0v) is 12.9. The van der Waals surface area contributed by atoms with Crippen molar-refractivity contribution in [3.8, 4) is 0 Å². The molecule has 0 spiro atoms.